The van der Waals surface area contributed by atoms with Crippen molar-refractivity contribution in [2.75, 3.05) is 6.54 Å². The van der Waals surface area contributed by atoms with Crippen LogP contribution in [0.3, 0.4) is 0 Å². The number of benzene rings is 1. The van der Waals surface area contributed by atoms with Crippen LogP contribution in [-0.4, -0.2) is 38.0 Å². The molecule has 2 rings (SSSR count). The topological polar surface area (TPSA) is 76.8 Å². The van der Waals surface area contributed by atoms with E-state index in [9.17, 15) is 9.90 Å². The molecule has 0 radical (unpaired) electrons. The molecule has 0 aliphatic carbocycles. The van der Waals surface area contributed by atoms with Crippen LogP contribution < -0.4 is 4.74 Å². The summed E-state index contributed by atoms with van der Waals surface area (Å²) in [5, 5.41) is 18.4. The molecule has 1 aliphatic rings. The van der Waals surface area contributed by atoms with Gasteiger partial charge in [-0.15, -0.1) is 0 Å². The van der Waals surface area contributed by atoms with Gasteiger partial charge >= 0.3 is 6.09 Å². The largest absolute Gasteiger partial charge is 0.487 e. The van der Waals surface area contributed by atoms with Crippen molar-refractivity contribution in [3.63, 3.8) is 0 Å². The quantitative estimate of drug-likeness (QED) is 0.736. The maximum atomic E-state index is 11.7. The SMILES string of the molecule is CC(C)N(CCC#N)SN(Cc1cccc2c1OC(C)(C)C2)C(=O)O. The average molecular weight is 363 g/mol. The zero-order valence-corrected chi connectivity index (χ0v) is 16.0. The minimum absolute atomic E-state index is 0.122. The highest BCUT2D eigenvalue weighted by Crippen LogP contribution is 2.38. The number of nitriles is 1. The maximum Gasteiger partial charge on any atom is 0.418 e. The summed E-state index contributed by atoms with van der Waals surface area (Å²) in [7, 11) is 0. The number of rotatable bonds is 7. The Bertz CT molecular complexity index is 670. The highest BCUT2D eigenvalue weighted by atomic mass is 32.2. The first-order valence-electron chi connectivity index (χ1n) is 8.35. The summed E-state index contributed by atoms with van der Waals surface area (Å²) < 4.78 is 9.24. The van der Waals surface area contributed by atoms with E-state index in [-0.39, 0.29) is 18.2 Å². The Kier molecular flexibility index (Phi) is 6.20. The summed E-state index contributed by atoms with van der Waals surface area (Å²) >= 11 is 1.15. The van der Waals surface area contributed by atoms with Crippen LogP contribution in [0.25, 0.3) is 0 Å². The molecule has 136 valence electrons. The van der Waals surface area contributed by atoms with Gasteiger partial charge in [-0.25, -0.2) is 13.4 Å². The summed E-state index contributed by atoms with van der Waals surface area (Å²) in [6, 6.07) is 8.11. The van der Waals surface area contributed by atoms with E-state index < -0.39 is 6.09 Å². The molecular weight excluding hydrogens is 338 g/mol. The van der Waals surface area contributed by atoms with Crippen LogP contribution in [0.1, 0.15) is 45.2 Å². The fraction of sp³-hybridized carbons (Fsp3) is 0.556. The Morgan fingerprint density at radius 1 is 1.48 bits per heavy atom. The van der Waals surface area contributed by atoms with Crippen LogP contribution in [0.5, 0.6) is 5.75 Å². The normalized spacial score (nSPS) is 14.9. The van der Waals surface area contributed by atoms with Gasteiger partial charge in [-0.3, -0.25) is 0 Å². The van der Waals surface area contributed by atoms with Crippen molar-refractivity contribution >= 4 is 18.2 Å². The second-order valence-electron chi connectivity index (χ2n) is 6.99. The Hall–Kier alpha value is -1.91. The highest BCUT2D eigenvalue weighted by Gasteiger charge is 2.32. The fourth-order valence-corrected chi connectivity index (χ4v) is 3.65. The van der Waals surface area contributed by atoms with Crippen molar-refractivity contribution in [3.8, 4) is 11.8 Å². The molecule has 0 bridgehead atoms. The van der Waals surface area contributed by atoms with E-state index in [0.717, 1.165) is 35.4 Å². The van der Waals surface area contributed by atoms with Crippen molar-refractivity contribution in [3.05, 3.63) is 29.3 Å². The molecule has 1 amide bonds. The third-order valence-corrected chi connectivity index (χ3v) is 5.22. The standard InChI is InChI=1S/C18H25N3O3S/c1-13(2)20(10-6-9-19)25-21(17(22)23)12-15-8-5-7-14-11-18(3,4)24-16(14)15/h5,7-8,13H,6,10-12H2,1-4H3,(H,22,23). The Labute approximate surface area is 153 Å². The van der Waals surface area contributed by atoms with E-state index in [0.29, 0.717) is 13.0 Å². The molecule has 0 aromatic heterocycles. The first-order chi connectivity index (χ1) is 11.7. The molecule has 0 spiro atoms. The third kappa shape index (κ3) is 5.03. The van der Waals surface area contributed by atoms with Gasteiger partial charge < -0.3 is 9.84 Å². The number of carboxylic acid groups (broad SMARTS) is 1. The highest BCUT2D eigenvalue weighted by molar-refractivity contribution is 7.95. The smallest absolute Gasteiger partial charge is 0.418 e. The lowest BCUT2D eigenvalue weighted by Gasteiger charge is -2.29. The van der Waals surface area contributed by atoms with Crippen molar-refractivity contribution in [1.29, 1.82) is 5.26 Å². The van der Waals surface area contributed by atoms with Crippen LogP contribution in [0.2, 0.25) is 0 Å². The predicted octanol–water partition coefficient (Wildman–Crippen LogP) is 4.07. The van der Waals surface area contributed by atoms with Crippen molar-refractivity contribution < 1.29 is 14.6 Å². The first-order valence-corrected chi connectivity index (χ1v) is 9.08. The number of hydrogen-bond donors (Lipinski definition) is 1. The van der Waals surface area contributed by atoms with Crippen molar-refractivity contribution in [2.24, 2.45) is 0 Å². The monoisotopic (exact) mass is 363 g/mol. The summed E-state index contributed by atoms with van der Waals surface area (Å²) in [5.74, 6) is 0.799. The van der Waals surface area contributed by atoms with Gasteiger partial charge in [0.15, 0.2) is 0 Å². The molecule has 1 aromatic rings. The minimum atomic E-state index is -1.01. The first kappa shape index (κ1) is 19.4. The molecule has 1 N–H and O–H groups in total. The number of amides is 1. The molecule has 0 unspecified atom stereocenters. The van der Waals surface area contributed by atoms with E-state index >= 15 is 0 Å². The van der Waals surface area contributed by atoms with Gasteiger partial charge in [-0.1, -0.05) is 18.2 Å². The van der Waals surface area contributed by atoms with Gasteiger partial charge in [-0.05, 0) is 33.3 Å². The fourth-order valence-electron chi connectivity index (χ4n) is 2.77. The molecular formula is C18H25N3O3S. The van der Waals surface area contributed by atoms with E-state index in [1.54, 1.807) is 0 Å². The number of fused-ring (bicyclic) bond motifs is 1. The predicted molar refractivity (Wildman–Crippen MR) is 98.1 cm³/mol. The second kappa shape index (κ2) is 7.98. The van der Waals surface area contributed by atoms with Gasteiger partial charge in [0.1, 0.15) is 11.4 Å². The van der Waals surface area contributed by atoms with Crippen LogP contribution >= 0.6 is 12.1 Å². The number of nitrogens with zero attached hydrogens (tertiary/aromatic N) is 3. The molecule has 6 nitrogen and oxygen atoms in total. The molecule has 25 heavy (non-hydrogen) atoms. The Morgan fingerprint density at radius 3 is 2.80 bits per heavy atom. The summed E-state index contributed by atoms with van der Waals surface area (Å²) in [4.78, 5) is 11.7. The van der Waals surface area contributed by atoms with Crippen LogP contribution in [-0.2, 0) is 13.0 Å². The molecule has 0 fully saturated rings. The van der Waals surface area contributed by atoms with Crippen LogP contribution in [0, 0.1) is 11.3 Å². The minimum Gasteiger partial charge on any atom is -0.487 e. The zero-order chi connectivity index (χ0) is 18.6. The number of hydrogen-bond acceptors (Lipinski definition) is 5. The van der Waals surface area contributed by atoms with E-state index in [1.807, 2.05) is 50.2 Å². The lowest BCUT2D eigenvalue weighted by atomic mass is 10.0. The molecule has 1 aliphatic heterocycles. The molecule has 0 saturated carbocycles. The molecule has 0 saturated heterocycles. The molecule has 0 atom stereocenters. The van der Waals surface area contributed by atoms with Crippen molar-refractivity contribution in [1.82, 2.24) is 8.61 Å². The lowest BCUT2D eigenvalue weighted by molar-refractivity contribution is 0.136. The van der Waals surface area contributed by atoms with Crippen LogP contribution in [0.4, 0.5) is 4.79 Å². The number of para-hydroxylation sites is 1. The molecule has 7 heteroatoms. The van der Waals surface area contributed by atoms with E-state index in [4.69, 9.17) is 10.00 Å². The van der Waals surface area contributed by atoms with Gasteiger partial charge in [-0.2, -0.15) is 5.26 Å². The summed E-state index contributed by atoms with van der Waals surface area (Å²) in [6.07, 6.45) is 0.162. The Morgan fingerprint density at radius 2 is 2.20 bits per heavy atom. The van der Waals surface area contributed by atoms with Crippen molar-refractivity contribution in [2.45, 2.75) is 58.7 Å². The number of carbonyl (C=O) groups is 1. The second-order valence-corrected chi connectivity index (χ2v) is 8.06. The number of ether oxygens (including phenoxy) is 1. The van der Waals surface area contributed by atoms with Gasteiger partial charge in [0.25, 0.3) is 0 Å². The summed E-state index contributed by atoms with van der Waals surface area (Å²) in [6.45, 7) is 8.77. The summed E-state index contributed by atoms with van der Waals surface area (Å²) in [5.41, 5.74) is 1.71. The zero-order valence-electron chi connectivity index (χ0n) is 15.2. The van der Waals surface area contributed by atoms with Gasteiger partial charge in [0, 0.05) is 43.1 Å². The lowest BCUT2D eigenvalue weighted by Crippen LogP contribution is -2.33. The van der Waals surface area contributed by atoms with Crippen LogP contribution in [0.15, 0.2) is 18.2 Å². The molecule has 1 aromatic carbocycles. The molecule has 1 heterocycles. The van der Waals surface area contributed by atoms with Gasteiger partial charge in [0.05, 0.1) is 12.6 Å². The Balaban J connectivity index is 2.17. The average Bonchev–Trinajstić information content (AvgIpc) is 2.84. The van der Waals surface area contributed by atoms with E-state index in [1.165, 1.54) is 4.31 Å². The van der Waals surface area contributed by atoms with E-state index in [2.05, 4.69) is 6.07 Å². The third-order valence-electron chi connectivity index (χ3n) is 3.92. The maximum absolute atomic E-state index is 11.7. The van der Waals surface area contributed by atoms with Gasteiger partial charge in [0.2, 0.25) is 0 Å².